The second-order valence-electron chi connectivity index (χ2n) is 4.71. The van der Waals surface area contributed by atoms with Crippen LogP contribution in [0.5, 0.6) is 0 Å². The number of hydrogen-bond donors (Lipinski definition) is 1. The number of carbonyl (C=O) groups is 1. The molecular weight excluding hydrogens is 198 g/mol. The first kappa shape index (κ1) is 12.8. The number of amides is 1. The molecule has 0 aromatic heterocycles. The van der Waals surface area contributed by atoms with E-state index in [0.29, 0.717) is 6.54 Å². The SMILES string of the molecule is CCNC(=O)C(C)(C)C(C)c1ccccc1. The van der Waals surface area contributed by atoms with Crippen LogP contribution in [0.3, 0.4) is 0 Å². The van der Waals surface area contributed by atoms with Crippen LogP contribution in [0.25, 0.3) is 0 Å². The summed E-state index contributed by atoms with van der Waals surface area (Å²) in [5, 5.41) is 2.90. The first-order valence-corrected chi connectivity index (χ1v) is 5.83. The third kappa shape index (κ3) is 2.63. The van der Waals surface area contributed by atoms with Crippen molar-refractivity contribution in [1.29, 1.82) is 0 Å². The summed E-state index contributed by atoms with van der Waals surface area (Å²) in [5.41, 5.74) is 0.830. The molecule has 0 bridgehead atoms. The minimum Gasteiger partial charge on any atom is -0.356 e. The molecule has 0 saturated heterocycles. The Morgan fingerprint density at radius 2 is 1.88 bits per heavy atom. The predicted octanol–water partition coefficient (Wildman–Crippen LogP) is 2.95. The van der Waals surface area contributed by atoms with Gasteiger partial charge in [-0.2, -0.15) is 0 Å². The van der Waals surface area contributed by atoms with E-state index >= 15 is 0 Å². The molecule has 1 N–H and O–H groups in total. The Labute approximate surface area is 98.1 Å². The summed E-state index contributed by atoms with van der Waals surface area (Å²) in [7, 11) is 0. The van der Waals surface area contributed by atoms with E-state index in [1.54, 1.807) is 0 Å². The molecule has 1 rings (SSSR count). The fraction of sp³-hybridized carbons (Fsp3) is 0.500. The monoisotopic (exact) mass is 219 g/mol. The molecule has 1 aromatic rings. The summed E-state index contributed by atoms with van der Waals surface area (Å²) < 4.78 is 0. The average molecular weight is 219 g/mol. The molecule has 1 amide bonds. The zero-order chi connectivity index (χ0) is 12.2. The van der Waals surface area contributed by atoms with E-state index in [4.69, 9.17) is 0 Å². The lowest BCUT2D eigenvalue weighted by Gasteiger charge is -2.30. The molecule has 0 fully saturated rings. The standard InChI is InChI=1S/C14H21NO/c1-5-15-13(16)14(3,4)11(2)12-9-7-6-8-10-12/h6-11H,5H2,1-4H3,(H,15,16). The van der Waals surface area contributed by atoms with Crippen molar-refractivity contribution >= 4 is 5.91 Å². The van der Waals surface area contributed by atoms with E-state index < -0.39 is 0 Å². The normalized spacial score (nSPS) is 13.2. The van der Waals surface area contributed by atoms with Gasteiger partial charge in [0.25, 0.3) is 0 Å². The highest BCUT2D eigenvalue weighted by Crippen LogP contribution is 2.35. The van der Waals surface area contributed by atoms with Crippen LogP contribution in [0.4, 0.5) is 0 Å². The van der Waals surface area contributed by atoms with Gasteiger partial charge in [0.15, 0.2) is 0 Å². The van der Waals surface area contributed by atoms with E-state index in [1.165, 1.54) is 5.56 Å². The highest BCUT2D eigenvalue weighted by molar-refractivity contribution is 5.82. The van der Waals surface area contributed by atoms with Crippen molar-refractivity contribution in [3.8, 4) is 0 Å². The molecule has 0 spiro atoms. The van der Waals surface area contributed by atoms with Gasteiger partial charge in [0.2, 0.25) is 5.91 Å². The zero-order valence-electron chi connectivity index (χ0n) is 10.6. The van der Waals surface area contributed by atoms with E-state index in [0.717, 1.165) is 0 Å². The van der Waals surface area contributed by atoms with Crippen LogP contribution in [-0.2, 0) is 4.79 Å². The van der Waals surface area contributed by atoms with Gasteiger partial charge in [-0.05, 0) is 18.4 Å². The van der Waals surface area contributed by atoms with E-state index in [2.05, 4.69) is 24.4 Å². The smallest absolute Gasteiger partial charge is 0.226 e. The van der Waals surface area contributed by atoms with Crippen LogP contribution in [0.15, 0.2) is 30.3 Å². The first-order chi connectivity index (χ1) is 7.50. The predicted molar refractivity (Wildman–Crippen MR) is 67.3 cm³/mol. The third-order valence-corrected chi connectivity index (χ3v) is 3.30. The molecule has 0 aliphatic heterocycles. The van der Waals surface area contributed by atoms with Crippen molar-refractivity contribution in [1.82, 2.24) is 5.32 Å². The van der Waals surface area contributed by atoms with Crippen LogP contribution in [0.1, 0.15) is 39.2 Å². The number of hydrogen-bond acceptors (Lipinski definition) is 1. The summed E-state index contributed by atoms with van der Waals surface area (Å²) in [5.74, 6) is 0.326. The van der Waals surface area contributed by atoms with Crippen LogP contribution in [0, 0.1) is 5.41 Å². The second-order valence-corrected chi connectivity index (χ2v) is 4.71. The van der Waals surface area contributed by atoms with Crippen molar-refractivity contribution in [2.45, 2.75) is 33.6 Å². The topological polar surface area (TPSA) is 29.1 Å². The molecule has 0 saturated carbocycles. The molecule has 2 nitrogen and oxygen atoms in total. The van der Waals surface area contributed by atoms with E-state index in [1.807, 2.05) is 39.0 Å². The summed E-state index contributed by atoms with van der Waals surface area (Å²) in [6, 6.07) is 10.2. The van der Waals surface area contributed by atoms with Gasteiger partial charge in [-0.3, -0.25) is 4.79 Å². The highest BCUT2D eigenvalue weighted by atomic mass is 16.2. The van der Waals surface area contributed by atoms with Gasteiger partial charge in [-0.15, -0.1) is 0 Å². The van der Waals surface area contributed by atoms with Crippen molar-refractivity contribution in [2.75, 3.05) is 6.54 Å². The fourth-order valence-corrected chi connectivity index (χ4v) is 1.74. The maximum absolute atomic E-state index is 12.0. The molecular formula is C14H21NO. The highest BCUT2D eigenvalue weighted by Gasteiger charge is 2.34. The minimum absolute atomic E-state index is 0.117. The van der Waals surface area contributed by atoms with Gasteiger partial charge in [-0.1, -0.05) is 51.1 Å². The molecule has 0 radical (unpaired) electrons. The van der Waals surface area contributed by atoms with Crippen LogP contribution >= 0.6 is 0 Å². The zero-order valence-corrected chi connectivity index (χ0v) is 10.6. The van der Waals surface area contributed by atoms with Crippen molar-refractivity contribution in [3.05, 3.63) is 35.9 Å². The van der Waals surface area contributed by atoms with Gasteiger partial charge in [0, 0.05) is 6.54 Å². The summed E-state index contributed by atoms with van der Waals surface area (Å²) in [4.78, 5) is 12.0. The van der Waals surface area contributed by atoms with Crippen molar-refractivity contribution in [3.63, 3.8) is 0 Å². The number of nitrogens with one attached hydrogen (secondary N) is 1. The Kier molecular flexibility index (Phi) is 4.11. The summed E-state index contributed by atoms with van der Waals surface area (Å²) in [6.07, 6.45) is 0. The van der Waals surface area contributed by atoms with E-state index in [9.17, 15) is 4.79 Å². The van der Waals surface area contributed by atoms with Gasteiger partial charge in [0.1, 0.15) is 0 Å². The van der Waals surface area contributed by atoms with Gasteiger partial charge >= 0.3 is 0 Å². The Hall–Kier alpha value is -1.31. The molecule has 1 unspecified atom stereocenters. The lowest BCUT2D eigenvalue weighted by molar-refractivity contribution is -0.130. The Morgan fingerprint density at radius 1 is 1.31 bits per heavy atom. The molecule has 1 aromatic carbocycles. The fourth-order valence-electron chi connectivity index (χ4n) is 1.74. The summed E-state index contributed by atoms with van der Waals surface area (Å²) in [6.45, 7) is 8.72. The lowest BCUT2D eigenvalue weighted by atomic mass is 9.75. The molecule has 0 aliphatic carbocycles. The Morgan fingerprint density at radius 3 is 2.38 bits per heavy atom. The average Bonchev–Trinajstić information content (AvgIpc) is 2.29. The van der Waals surface area contributed by atoms with Gasteiger partial charge < -0.3 is 5.32 Å². The summed E-state index contributed by atoms with van der Waals surface area (Å²) >= 11 is 0. The van der Waals surface area contributed by atoms with Gasteiger partial charge in [0.05, 0.1) is 5.41 Å². The number of carbonyl (C=O) groups excluding carboxylic acids is 1. The largest absolute Gasteiger partial charge is 0.356 e. The Balaban J connectivity index is 2.87. The first-order valence-electron chi connectivity index (χ1n) is 5.83. The molecule has 0 heterocycles. The van der Waals surface area contributed by atoms with Crippen LogP contribution < -0.4 is 5.32 Å². The van der Waals surface area contributed by atoms with Gasteiger partial charge in [-0.25, -0.2) is 0 Å². The quantitative estimate of drug-likeness (QED) is 0.828. The minimum atomic E-state index is -0.378. The van der Waals surface area contributed by atoms with E-state index in [-0.39, 0.29) is 17.2 Å². The van der Waals surface area contributed by atoms with Crippen molar-refractivity contribution in [2.24, 2.45) is 5.41 Å². The maximum atomic E-state index is 12.0. The second kappa shape index (κ2) is 5.15. The maximum Gasteiger partial charge on any atom is 0.226 e. The number of rotatable bonds is 4. The van der Waals surface area contributed by atoms with Crippen LogP contribution in [-0.4, -0.2) is 12.5 Å². The van der Waals surface area contributed by atoms with Crippen LogP contribution in [0.2, 0.25) is 0 Å². The Bertz CT molecular complexity index is 343. The number of benzene rings is 1. The lowest BCUT2D eigenvalue weighted by Crippen LogP contribution is -2.40. The molecule has 16 heavy (non-hydrogen) atoms. The third-order valence-electron chi connectivity index (χ3n) is 3.30. The van der Waals surface area contributed by atoms with Crippen molar-refractivity contribution < 1.29 is 4.79 Å². The molecule has 1 atom stereocenters. The molecule has 88 valence electrons. The molecule has 2 heteroatoms. The molecule has 0 aliphatic rings.